The van der Waals surface area contributed by atoms with E-state index in [2.05, 4.69) is 14.9 Å². The maximum Gasteiger partial charge on any atom is 0.220 e. The fraction of sp³-hybridized carbons (Fsp3) is 0.600. The second-order valence-electron chi connectivity index (χ2n) is 3.87. The molecule has 2 rings (SSSR count). The molecule has 0 radical (unpaired) electrons. The molecule has 1 aromatic rings. The van der Waals surface area contributed by atoms with Crippen LogP contribution in [0.5, 0.6) is 0 Å². The first-order valence-electron chi connectivity index (χ1n) is 5.26. The first-order chi connectivity index (χ1) is 7.66. The molecular weight excluding hydrogens is 226 g/mol. The molecular formula is C10H15N3O2S. The molecule has 1 aromatic heterocycles. The maximum atomic E-state index is 11.3. The molecule has 1 unspecified atom stereocenters. The Bertz CT molecular complexity index is 391. The molecule has 0 aromatic carbocycles. The number of aliphatic hydroxyl groups is 1. The van der Waals surface area contributed by atoms with E-state index in [1.165, 1.54) is 0 Å². The lowest BCUT2D eigenvalue weighted by Crippen LogP contribution is -2.36. The maximum absolute atomic E-state index is 11.3. The van der Waals surface area contributed by atoms with Gasteiger partial charge in [0.2, 0.25) is 5.16 Å². The normalized spacial score (nSPS) is 19.8. The van der Waals surface area contributed by atoms with Crippen LogP contribution in [0.15, 0.2) is 17.4 Å². The highest BCUT2D eigenvalue weighted by Gasteiger charge is 2.18. The highest BCUT2D eigenvalue weighted by molar-refractivity contribution is 7.84. The van der Waals surface area contributed by atoms with Gasteiger partial charge in [-0.2, -0.15) is 0 Å². The molecule has 0 bridgehead atoms. The molecule has 0 spiro atoms. The van der Waals surface area contributed by atoms with E-state index in [1.807, 2.05) is 6.07 Å². The number of piperidine rings is 1. The van der Waals surface area contributed by atoms with Gasteiger partial charge in [-0.3, -0.25) is 4.21 Å². The van der Waals surface area contributed by atoms with Crippen LogP contribution < -0.4 is 4.90 Å². The highest BCUT2D eigenvalue weighted by atomic mass is 32.2. The Kier molecular flexibility index (Phi) is 3.50. The molecule has 1 fully saturated rings. The third-order valence-corrected chi connectivity index (χ3v) is 3.38. The van der Waals surface area contributed by atoms with Gasteiger partial charge in [-0.1, -0.05) is 0 Å². The van der Waals surface area contributed by atoms with Crippen LogP contribution in [0, 0.1) is 0 Å². The second-order valence-corrected chi connectivity index (χ2v) is 5.14. The van der Waals surface area contributed by atoms with Crippen molar-refractivity contribution < 1.29 is 9.32 Å². The Morgan fingerprint density at radius 2 is 2.19 bits per heavy atom. The Morgan fingerprint density at radius 1 is 1.50 bits per heavy atom. The van der Waals surface area contributed by atoms with Crippen LogP contribution in [0.1, 0.15) is 12.8 Å². The van der Waals surface area contributed by atoms with E-state index in [9.17, 15) is 9.32 Å². The molecule has 6 heteroatoms. The molecule has 2 heterocycles. The SMILES string of the molecule is CS(=O)c1nccc(N2CCC(O)CC2)n1. The monoisotopic (exact) mass is 241 g/mol. The summed E-state index contributed by atoms with van der Waals surface area (Å²) in [6.45, 7) is 1.57. The van der Waals surface area contributed by atoms with Gasteiger partial charge in [0.15, 0.2) is 0 Å². The highest BCUT2D eigenvalue weighted by Crippen LogP contribution is 2.17. The molecule has 1 atom stereocenters. The van der Waals surface area contributed by atoms with Crippen molar-refractivity contribution in [3.05, 3.63) is 12.3 Å². The molecule has 0 aliphatic carbocycles. The molecule has 1 saturated heterocycles. The van der Waals surface area contributed by atoms with E-state index in [4.69, 9.17) is 0 Å². The van der Waals surface area contributed by atoms with Gasteiger partial charge in [0.25, 0.3) is 0 Å². The van der Waals surface area contributed by atoms with Gasteiger partial charge in [0.05, 0.1) is 16.9 Å². The first kappa shape index (κ1) is 11.5. The van der Waals surface area contributed by atoms with Gasteiger partial charge in [-0.25, -0.2) is 9.97 Å². The number of anilines is 1. The average molecular weight is 241 g/mol. The van der Waals surface area contributed by atoms with E-state index < -0.39 is 10.8 Å². The van der Waals surface area contributed by atoms with Gasteiger partial charge in [0.1, 0.15) is 5.82 Å². The van der Waals surface area contributed by atoms with Gasteiger partial charge < -0.3 is 10.0 Å². The van der Waals surface area contributed by atoms with Crippen molar-refractivity contribution in [2.24, 2.45) is 0 Å². The predicted molar refractivity (Wildman–Crippen MR) is 61.8 cm³/mol. The fourth-order valence-electron chi connectivity index (χ4n) is 1.74. The van der Waals surface area contributed by atoms with Crippen molar-refractivity contribution >= 4 is 16.6 Å². The number of hydrogen-bond acceptors (Lipinski definition) is 5. The largest absolute Gasteiger partial charge is 0.393 e. The number of hydrogen-bond donors (Lipinski definition) is 1. The van der Waals surface area contributed by atoms with Crippen molar-refractivity contribution in [1.82, 2.24) is 9.97 Å². The molecule has 1 aliphatic heterocycles. The first-order valence-corrected chi connectivity index (χ1v) is 6.82. The second kappa shape index (κ2) is 4.88. The fourth-order valence-corrected chi connectivity index (χ4v) is 2.17. The molecule has 88 valence electrons. The molecule has 1 N–H and O–H groups in total. The lowest BCUT2D eigenvalue weighted by Gasteiger charge is -2.30. The molecule has 0 amide bonds. The van der Waals surface area contributed by atoms with Crippen molar-refractivity contribution in [3.8, 4) is 0 Å². The summed E-state index contributed by atoms with van der Waals surface area (Å²) < 4.78 is 11.3. The summed E-state index contributed by atoms with van der Waals surface area (Å²) in [5, 5.41) is 9.77. The van der Waals surface area contributed by atoms with Crippen LogP contribution in [-0.4, -0.2) is 44.7 Å². The summed E-state index contributed by atoms with van der Waals surface area (Å²) in [7, 11) is -1.15. The minimum atomic E-state index is -1.15. The van der Waals surface area contributed by atoms with Crippen LogP contribution in [0.2, 0.25) is 0 Å². The number of aromatic nitrogens is 2. The van der Waals surface area contributed by atoms with Crippen molar-refractivity contribution in [2.45, 2.75) is 24.1 Å². The van der Waals surface area contributed by atoms with Gasteiger partial charge in [-0.05, 0) is 18.9 Å². The Labute approximate surface area is 97.0 Å². The van der Waals surface area contributed by atoms with Crippen molar-refractivity contribution in [1.29, 1.82) is 0 Å². The predicted octanol–water partition coefficient (Wildman–Crippen LogP) is 0.175. The molecule has 1 aliphatic rings. The standard InChI is InChI=1S/C10H15N3O2S/c1-16(15)10-11-5-2-9(12-10)13-6-3-8(14)4-7-13/h2,5,8,14H,3-4,6-7H2,1H3. The van der Waals surface area contributed by atoms with E-state index in [1.54, 1.807) is 12.5 Å². The van der Waals surface area contributed by atoms with Gasteiger partial charge in [-0.15, -0.1) is 0 Å². The van der Waals surface area contributed by atoms with E-state index >= 15 is 0 Å². The van der Waals surface area contributed by atoms with Gasteiger partial charge in [0, 0.05) is 25.5 Å². The van der Waals surface area contributed by atoms with Crippen LogP contribution >= 0.6 is 0 Å². The zero-order chi connectivity index (χ0) is 11.5. The third kappa shape index (κ3) is 2.56. The topological polar surface area (TPSA) is 66.3 Å². The Hall–Kier alpha value is -1.01. The Balaban J connectivity index is 2.14. The lowest BCUT2D eigenvalue weighted by molar-refractivity contribution is 0.145. The Morgan fingerprint density at radius 3 is 2.81 bits per heavy atom. The summed E-state index contributed by atoms with van der Waals surface area (Å²) in [5.41, 5.74) is 0. The quantitative estimate of drug-likeness (QED) is 0.748. The lowest BCUT2D eigenvalue weighted by atomic mass is 10.1. The summed E-state index contributed by atoms with van der Waals surface area (Å²) in [6.07, 6.45) is 4.52. The number of aliphatic hydroxyl groups excluding tert-OH is 1. The molecule has 0 saturated carbocycles. The zero-order valence-electron chi connectivity index (χ0n) is 9.17. The minimum absolute atomic E-state index is 0.196. The third-order valence-electron chi connectivity index (χ3n) is 2.66. The van der Waals surface area contributed by atoms with Crippen LogP contribution in [0.25, 0.3) is 0 Å². The number of nitrogens with zero attached hydrogens (tertiary/aromatic N) is 3. The summed E-state index contributed by atoms with van der Waals surface area (Å²) >= 11 is 0. The smallest absolute Gasteiger partial charge is 0.220 e. The van der Waals surface area contributed by atoms with Crippen LogP contribution in [0.4, 0.5) is 5.82 Å². The summed E-state index contributed by atoms with van der Waals surface area (Å²) in [5.74, 6) is 0.798. The molecule has 5 nitrogen and oxygen atoms in total. The summed E-state index contributed by atoms with van der Waals surface area (Å²) in [6, 6.07) is 1.81. The number of rotatable bonds is 2. The minimum Gasteiger partial charge on any atom is -0.393 e. The van der Waals surface area contributed by atoms with E-state index in [0.717, 1.165) is 31.7 Å². The molecule has 16 heavy (non-hydrogen) atoms. The average Bonchev–Trinajstić information content (AvgIpc) is 2.30. The summed E-state index contributed by atoms with van der Waals surface area (Å²) in [4.78, 5) is 10.3. The van der Waals surface area contributed by atoms with Crippen molar-refractivity contribution in [3.63, 3.8) is 0 Å². The van der Waals surface area contributed by atoms with Gasteiger partial charge >= 0.3 is 0 Å². The van der Waals surface area contributed by atoms with E-state index in [-0.39, 0.29) is 6.10 Å². The van der Waals surface area contributed by atoms with Crippen molar-refractivity contribution in [2.75, 3.05) is 24.2 Å². The van der Waals surface area contributed by atoms with E-state index in [0.29, 0.717) is 5.16 Å². The van der Waals surface area contributed by atoms with Crippen LogP contribution in [0.3, 0.4) is 0 Å². The zero-order valence-corrected chi connectivity index (χ0v) is 9.98. The van der Waals surface area contributed by atoms with Crippen LogP contribution in [-0.2, 0) is 10.8 Å².